The van der Waals surface area contributed by atoms with E-state index in [-0.39, 0.29) is 12.1 Å². The highest BCUT2D eigenvalue weighted by atomic mass is 32.2. The molecule has 144 valence electrons. The van der Waals surface area contributed by atoms with Crippen LogP contribution in [0.2, 0.25) is 0 Å². The molecule has 27 heavy (non-hydrogen) atoms. The topological polar surface area (TPSA) is 93.7 Å². The van der Waals surface area contributed by atoms with Crippen molar-refractivity contribution in [1.82, 2.24) is 4.72 Å². The van der Waals surface area contributed by atoms with Gasteiger partial charge in [0, 0.05) is 36.0 Å². The third-order valence-electron chi connectivity index (χ3n) is 3.51. The number of carbonyl (C=O) groups is 1. The van der Waals surface area contributed by atoms with Gasteiger partial charge in [-0.15, -0.1) is 6.58 Å². The first kappa shape index (κ1) is 20.4. The minimum Gasteiger partial charge on any atom is -0.497 e. The summed E-state index contributed by atoms with van der Waals surface area (Å²) < 4.78 is 50.7. The summed E-state index contributed by atoms with van der Waals surface area (Å²) in [4.78, 5) is 11.8. The predicted molar refractivity (Wildman–Crippen MR) is 99.3 cm³/mol. The summed E-state index contributed by atoms with van der Waals surface area (Å²) in [6, 6.07) is 7.83. The first-order valence-corrected chi connectivity index (χ1v) is 9.23. The molecule has 0 heterocycles. The predicted octanol–water partition coefficient (Wildman–Crippen LogP) is 2.56. The molecule has 0 spiro atoms. The largest absolute Gasteiger partial charge is 0.497 e. The van der Waals surface area contributed by atoms with Gasteiger partial charge in [-0.25, -0.2) is 17.5 Å². The zero-order valence-corrected chi connectivity index (χ0v) is 15.6. The molecular weight excluding hydrogens is 375 g/mol. The number of hydrogen-bond acceptors (Lipinski definition) is 5. The molecule has 9 heteroatoms. The summed E-state index contributed by atoms with van der Waals surface area (Å²) in [6.07, 6.45) is 1.32. The highest BCUT2D eigenvalue weighted by Crippen LogP contribution is 2.26. The van der Waals surface area contributed by atoms with Gasteiger partial charge in [0.2, 0.25) is 10.0 Å². The maximum Gasteiger partial charge on any atom is 0.255 e. The normalized spacial score (nSPS) is 10.9. The van der Waals surface area contributed by atoms with Crippen LogP contribution in [0.3, 0.4) is 0 Å². The van der Waals surface area contributed by atoms with E-state index in [1.165, 1.54) is 26.4 Å². The van der Waals surface area contributed by atoms with Crippen LogP contribution in [-0.4, -0.2) is 35.1 Å². The molecule has 7 nitrogen and oxygen atoms in total. The summed E-state index contributed by atoms with van der Waals surface area (Å²) in [5, 5.41) is 2.60. The van der Waals surface area contributed by atoms with Crippen molar-refractivity contribution in [2.75, 3.05) is 26.1 Å². The van der Waals surface area contributed by atoms with E-state index in [4.69, 9.17) is 9.47 Å². The van der Waals surface area contributed by atoms with Crippen molar-refractivity contribution >= 4 is 21.6 Å². The lowest BCUT2D eigenvalue weighted by Gasteiger charge is -2.11. The van der Waals surface area contributed by atoms with Gasteiger partial charge in [0.15, 0.2) is 0 Å². The van der Waals surface area contributed by atoms with Gasteiger partial charge in [-0.1, -0.05) is 6.08 Å². The third kappa shape index (κ3) is 5.05. The number of benzene rings is 2. The molecule has 0 bridgehead atoms. The minimum atomic E-state index is -4.12. The average molecular weight is 394 g/mol. The molecular formula is C18H19FN2O5S. The number of halogens is 1. The Morgan fingerprint density at radius 2 is 1.78 bits per heavy atom. The monoisotopic (exact) mass is 394 g/mol. The van der Waals surface area contributed by atoms with Crippen molar-refractivity contribution in [3.63, 3.8) is 0 Å². The fraction of sp³-hybridized carbons (Fsp3) is 0.167. The zero-order chi connectivity index (χ0) is 20.0. The van der Waals surface area contributed by atoms with Crippen molar-refractivity contribution in [2.24, 2.45) is 0 Å². The minimum absolute atomic E-state index is 0.0304. The Morgan fingerprint density at radius 1 is 1.15 bits per heavy atom. The second-order valence-electron chi connectivity index (χ2n) is 5.34. The lowest BCUT2D eigenvalue weighted by atomic mass is 10.2. The van der Waals surface area contributed by atoms with E-state index in [1.54, 1.807) is 18.2 Å². The van der Waals surface area contributed by atoms with Crippen LogP contribution in [-0.2, 0) is 10.0 Å². The molecule has 1 amide bonds. The maximum absolute atomic E-state index is 14.0. The number of rotatable bonds is 8. The fourth-order valence-corrected chi connectivity index (χ4v) is 3.28. The number of nitrogens with one attached hydrogen (secondary N) is 2. The molecule has 0 atom stereocenters. The Balaban J connectivity index is 2.32. The van der Waals surface area contributed by atoms with Gasteiger partial charge < -0.3 is 14.8 Å². The summed E-state index contributed by atoms with van der Waals surface area (Å²) in [5.74, 6) is -0.669. The van der Waals surface area contributed by atoms with Gasteiger partial charge in [-0.05, 0) is 18.2 Å². The van der Waals surface area contributed by atoms with Crippen molar-refractivity contribution in [3.05, 3.63) is 60.4 Å². The number of anilines is 1. The molecule has 0 aromatic heterocycles. The van der Waals surface area contributed by atoms with E-state index < -0.39 is 26.6 Å². The molecule has 0 saturated carbocycles. The van der Waals surface area contributed by atoms with Crippen LogP contribution < -0.4 is 19.5 Å². The molecule has 2 N–H and O–H groups in total. The summed E-state index contributed by atoms with van der Waals surface area (Å²) in [6.45, 7) is 3.33. The van der Waals surface area contributed by atoms with Crippen LogP contribution in [0.1, 0.15) is 10.4 Å². The van der Waals surface area contributed by atoms with Gasteiger partial charge in [0.25, 0.3) is 5.91 Å². The zero-order valence-electron chi connectivity index (χ0n) is 14.8. The number of ether oxygens (including phenoxy) is 2. The number of carbonyl (C=O) groups excluding carboxylic acids is 1. The molecule has 0 aliphatic heterocycles. The van der Waals surface area contributed by atoms with E-state index in [1.807, 2.05) is 0 Å². The van der Waals surface area contributed by atoms with Crippen LogP contribution in [0.15, 0.2) is 53.9 Å². The van der Waals surface area contributed by atoms with E-state index in [0.717, 1.165) is 12.1 Å². The van der Waals surface area contributed by atoms with Crippen molar-refractivity contribution in [3.8, 4) is 11.5 Å². The van der Waals surface area contributed by atoms with Crippen LogP contribution in [0.5, 0.6) is 11.5 Å². The molecule has 0 unspecified atom stereocenters. The van der Waals surface area contributed by atoms with E-state index in [2.05, 4.69) is 16.6 Å². The summed E-state index contributed by atoms with van der Waals surface area (Å²) in [7, 11) is -1.19. The van der Waals surface area contributed by atoms with Gasteiger partial charge in [-0.3, -0.25) is 4.79 Å². The molecule has 2 aromatic carbocycles. The van der Waals surface area contributed by atoms with Gasteiger partial charge >= 0.3 is 0 Å². The van der Waals surface area contributed by atoms with Gasteiger partial charge in [0.1, 0.15) is 22.2 Å². The Labute approximate surface area is 156 Å². The van der Waals surface area contributed by atoms with E-state index >= 15 is 0 Å². The molecule has 2 rings (SSSR count). The lowest BCUT2D eigenvalue weighted by Crippen LogP contribution is -2.25. The standard InChI is InChI=1S/C18H19FN2O5S/c1-4-7-20-27(23,24)17-8-12(5-6-16(17)19)18(22)21-13-9-14(25-2)11-15(10-13)26-3/h4-6,8-11,20H,1,7H2,2-3H3,(H,21,22). The van der Waals surface area contributed by atoms with Crippen molar-refractivity contribution < 1.29 is 27.1 Å². The Hall–Kier alpha value is -2.91. The van der Waals surface area contributed by atoms with E-state index in [9.17, 15) is 17.6 Å². The molecule has 0 saturated heterocycles. The SMILES string of the molecule is C=CCNS(=O)(=O)c1cc(C(=O)Nc2cc(OC)cc(OC)c2)ccc1F. The van der Waals surface area contributed by atoms with Crippen LogP contribution in [0, 0.1) is 5.82 Å². The molecule has 0 radical (unpaired) electrons. The third-order valence-corrected chi connectivity index (χ3v) is 4.95. The Bertz CT molecular complexity index is 938. The van der Waals surface area contributed by atoms with E-state index in [0.29, 0.717) is 17.2 Å². The second kappa shape index (κ2) is 8.65. The number of amides is 1. The first-order chi connectivity index (χ1) is 12.8. The van der Waals surface area contributed by atoms with Crippen molar-refractivity contribution in [1.29, 1.82) is 0 Å². The summed E-state index contributed by atoms with van der Waals surface area (Å²) >= 11 is 0. The second-order valence-corrected chi connectivity index (χ2v) is 7.08. The number of hydrogen-bond donors (Lipinski definition) is 2. The molecule has 0 aliphatic carbocycles. The molecule has 0 fully saturated rings. The smallest absolute Gasteiger partial charge is 0.255 e. The van der Waals surface area contributed by atoms with Crippen LogP contribution in [0.4, 0.5) is 10.1 Å². The highest BCUT2D eigenvalue weighted by Gasteiger charge is 2.20. The maximum atomic E-state index is 14.0. The van der Waals surface area contributed by atoms with Gasteiger partial charge in [0.05, 0.1) is 14.2 Å². The Morgan fingerprint density at radius 3 is 2.33 bits per heavy atom. The highest BCUT2D eigenvalue weighted by molar-refractivity contribution is 7.89. The first-order valence-electron chi connectivity index (χ1n) is 7.75. The lowest BCUT2D eigenvalue weighted by molar-refractivity contribution is 0.102. The number of methoxy groups -OCH3 is 2. The molecule has 2 aromatic rings. The van der Waals surface area contributed by atoms with Crippen LogP contribution >= 0.6 is 0 Å². The molecule has 0 aliphatic rings. The fourth-order valence-electron chi connectivity index (χ4n) is 2.18. The Kier molecular flexibility index (Phi) is 6.54. The van der Waals surface area contributed by atoms with Gasteiger partial charge in [-0.2, -0.15) is 0 Å². The van der Waals surface area contributed by atoms with Crippen molar-refractivity contribution in [2.45, 2.75) is 4.90 Å². The number of sulfonamides is 1. The summed E-state index contributed by atoms with van der Waals surface area (Å²) in [5.41, 5.74) is 0.340. The average Bonchev–Trinajstić information content (AvgIpc) is 2.66. The quantitative estimate of drug-likeness (QED) is 0.671. The van der Waals surface area contributed by atoms with Crippen LogP contribution in [0.25, 0.3) is 0 Å².